The summed E-state index contributed by atoms with van der Waals surface area (Å²) in [6.07, 6.45) is -1.60. The van der Waals surface area contributed by atoms with E-state index in [1.807, 2.05) is 0 Å². The van der Waals surface area contributed by atoms with E-state index in [1.54, 1.807) is 31.5 Å². The summed E-state index contributed by atoms with van der Waals surface area (Å²) in [5.41, 5.74) is 0.710. The number of anilines is 1. The van der Waals surface area contributed by atoms with E-state index in [0.29, 0.717) is 23.7 Å². The van der Waals surface area contributed by atoms with Crippen LogP contribution in [-0.4, -0.2) is 72.0 Å². The molecule has 0 bridgehead atoms. The topological polar surface area (TPSA) is 142 Å². The van der Waals surface area contributed by atoms with Gasteiger partial charge in [-0.05, 0) is 63.1 Å². The molecule has 292 valence electrons. The molecule has 5 rings (SSSR count). The molecule has 0 saturated heterocycles. The molecule has 3 heterocycles. The predicted molar refractivity (Wildman–Crippen MR) is 202 cm³/mol. The van der Waals surface area contributed by atoms with E-state index in [-0.39, 0.29) is 57.3 Å². The number of ether oxygens (including phenoxy) is 2. The van der Waals surface area contributed by atoms with Crippen LogP contribution in [0.4, 0.5) is 28.2 Å². The lowest BCUT2D eigenvalue weighted by Gasteiger charge is -2.25. The smallest absolute Gasteiger partial charge is 0.408 e. The fraction of sp³-hybridized carbons (Fsp3) is 0.429. The zero-order valence-corrected chi connectivity index (χ0v) is 33.4. The molecule has 0 radical (unpaired) electrons. The Kier molecular flexibility index (Phi) is 12.0. The maximum Gasteiger partial charge on any atom is 0.408 e. The quantitative estimate of drug-likeness (QED) is 0.0651. The summed E-state index contributed by atoms with van der Waals surface area (Å²) < 4.78 is 98.1. The molecular weight excluding hydrogens is 770 g/mol. The first-order valence-corrected chi connectivity index (χ1v) is 22.9. The number of amides is 1. The van der Waals surface area contributed by atoms with Crippen molar-refractivity contribution in [2.75, 3.05) is 17.6 Å². The van der Waals surface area contributed by atoms with Gasteiger partial charge >= 0.3 is 6.09 Å². The highest BCUT2D eigenvalue weighted by Crippen LogP contribution is 2.41. The summed E-state index contributed by atoms with van der Waals surface area (Å²) in [6.45, 7) is 11.3. The number of carbonyl (C=O) groups is 1. The third kappa shape index (κ3) is 10.5. The normalized spacial score (nSPS) is 13.2. The number of benzene rings is 2. The maximum atomic E-state index is 14.5. The van der Waals surface area contributed by atoms with Gasteiger partial charge in [0.25, 0.3) is 6.43 Å². The number of sulfonamides is 1. The van der Waals surface area contributed by atoms with Crippen molar-refractivity contribution in [2.45, 2.75) is 84.2 Å². The summed E-state index contributed by atoms with van der Waals surface area (Å²) in [5.74, 6) is -1.97. The number of halogens is 5. The molecule has 19 heteroatoms. The number of aromatic nitrogens is 5. The minimum absolute atomic E-state index is 0.00973. The molecule has 0 fully saturated rings. The van der Waals surface area contributed by atoms with Gasteiger partial charge in [0.05, 0.1) is 45.6 Å². The van der Waals surface area contributed by atoms with Crippen LogP contribution in [0.2, 0.25) is 30.7 Å². The lowest BCUT2D eigenvalue weighted by molar-refractivity contribution is 0.0502. The highest BCUT2D eigenvalue weighted by atomic mass is 35.5. The maximum absolute atomic E-state index is 14.5. The molecule has 2 N–H and O–H groups in total. The number of alkyl halides is 2. The highest BCUT2D eigenvalue weighted by Gasteiger charge is 2.29. The second kappa shape index (κ2) is 15.8. The molecule has 0 saturated carbocycles. The van der Waals surface area contributed by atoms with Crippen molar-refractivity contribution in [3.8, 4) is 11.1 Å². The van der Waals surface area contributed by atoms with Gasteiger partial charge in [0.15, 0.2) is 5.82 Å². The van der Waals surface area contributed by atoms with Crippen molar-refractivity contribution >= 4 is 63.5 Å². The van der Waals surface area contributed by atoms with Gasteiger partial charge < -0.3 is 14.8 Å². The number of hydrogen-bond donors (Lipinski definition) is 2. The molecule has 5 aromatic rings. The molecule has 1 amide bonds. The molecule has 54 heavy (non-hydrogen) atoms. The minimum atomic E-state index is -3.95. The van der Waals surface area contributed by atoms with Crippen LogP contribution in [0.5, 0.6) is 0 Å². The van der Waals surface area contributed by atoms with Gasteiger partial charge in [-0.2, -0.15) is 10.2 Å². The van der Waals surface area contributed by atoms with Gasteiger partial charge in [-0.15, -0.1) is 0 Å². The zero-order chi connectivity index (χ0) is 39.7. The van der Waals surface area contributed by atoms with Gasteiger partial charge in [0.1, 0.15) is 36.0 Å². The highest BCUT2D eigenvalue weighted by molar-refractivity contribution is 7.92. The fourth-order valence-corrected chi connectivity index (χ4v) is 7.26. The lowest BCUT2D eigenvalue weighted by Crippen LogP contribution is -2.36. The van der Waals surface area contributed by atoms with E-state index in [4.69, 9.17) is 26.1 Å². The SMILES string of the molecule is CC(C)(C)OC(=O)N[C@@H](Cc1cc(F)cc(F)c1)c1nc2cnn(COCC[Si](C)(C)C)c2cc1-c1ccc(Cl)c2c(NS(C)(=O)=O)nn(CC(F)F)c12. The van der Waals surface area contributed by atoms with Crippen LogP contribution in [0.1, 0.15) is 38.1 Å². The Balaban J connectivity index is 1.79. The van der Waals surface area contributed by atoms with Crippen LogP contribution in [0.15, 0.2) is 42.6 Å². The van der Waals surface area contributed by atoms with Crippen molar-refractivity contribution in [1.29, 1.82) is 0 Å². The molecule has 0 aliphatic carbocycles. The van der Waals surface area contributed by atoms with Crippen molar-refractivity contribution in [3.63, 3.8) is 0 Å². The third-order valence-electron chi connectivity index (χ3n) is 7.98. The van der Waals surface area contributed by atoms with E-state index in [1.165, 1.54) is 18.3 Å². The van der Waals surface area contributed by atoms with Crippen LogP contribution in [-0.2, 0) is 39.2 Å². The first kappa shape index (κ1) is 40.9. The van der Waals surface area contributed by atoms with Gasteiger partial charge in [0, 0.05) is 31.9 Å². The van der Waals surface area contributed by atoms with E-state index in [2.05, 4.69) is 39.9 Å². The number of alkyl carbamates (subject to hydrolysis) is 1. The summed E-state index contributed by atoms with van der Waals surface area (Å²) >= 11 is 6.61. The fourth-order valence-electron chi connectivity index (χ4n) is 5.77. The number of nitrogens with one attached hydrogen (secondary N) is 2. The monoisotopic (exact) mass is 811 g/mol. The Morgan fingerprint density at radius 1 is 1.04 bits per heavy atom. The van der Waals surface area contributed by atoms with Gasteiger partial charge in [-0.25, -0.2) is 40.4 Å². The largest absolute Gasteiger partial charge is 0.444 e. The number of nitrogens with zero attached hydrogens (tertiary/aromatic N) is 5. The standard InChI is InChI=1S/C35H42ClF4N7O5SSi/c1-35(2,3)52-34(48)43-26(14-20-12-21(37)15-22(38)13-20)31-24(16-28-27(42-31)17-41-47(28)19-51-10-11-54(5,6)7)23-8-9-25(36)30-32(23)46(18-29(39)40)44-33(30)45-53(4,49)50/h8-9,12-13,15-17,26,29H,10-11,14,18-19H2,1-7H3,(H,43,48)(H,44,45)/t26-/m0/s1. The van der Waals surface area contributed by atoms with Gasteiger partial charge in [-0.3, -0.25) is 9.40 Å². The number of pyridine rings is 1. The molecule has 3 aromatic heterocycles. The number of carbonyl (C=O) groups excluding carboxylic acids is 1. The first-order valence-electron chi connectivity index (χ1n) is 16.9. The second-order valence-electron chi connectivity index (χ2n) is 15.1. The molecule has 0 spiro atoms. The third-order valence-corrected chi connectivity index (χ3v) is 10.6. The summed E-state index contributed by atoms with van der Waals surface area (Å²) in [4.78, 5) is 18.3. The van der Waals surface area contributed by atoms with E-state index in [9.17, 15) is 30.8 Å². The molecule has 1 atom stereocenters. The van der Waals surface area contributed by atoms with Crippen molar-refractivity contribution < 1.29 is 40.2 Å². The molecule has 0 unspecified atom stereocenters. The zero-order valence-electron chi connectivity index (χ0n) is 30.8. The molecule has 0 aliphatic heterocycles. The average molecular weight is 812 g/mol. The number of rotatable bonds is 14. The van der Waals surface area contributed by atoms with Crippen LogP contribution in [0.3, 0.4) is 0 Å². The van der Waals surface area contributed by atoms with E-state index in [0.717, 1.165) is 29.1 Å². The summed E-state index contributed by atoms with van der Waals surface area (Å²) in [7, 11) is -5.36. The number of fused-ring (bicyclic) bond motifs is 2. The second-order valence-corrected chi connectivity index (χ2v) is 22.9. The van der Waals surface area contributed by atoms with Gasteiger partial charge in [0.2, 0.25) is 10.0 Å². The van der Waals surface area contributed by atoms with Crippen LogP contribution >= 0.6 is 11.6 Å². The molecule has 12 nitrogen and oxygen atoms in total. The van der Waals surface area contributed by atoms with Crippen molar-refractivity contribution in [2.24, 2.45) is 0 Å². The molecule has 0 aliphatic rings. The van der Waals surface area contributed by atoms with Crippen molar-refractivity contribution in [1.82, 2.24) is 29.9 Å². The van der Waals surface area contributed by atoms with Crippen LogP contribution in [0.25, 0.3) is 33.1 Å². The average Bonchev–Trinajstić information content (AvgIpc) is 3.56. The Bertz CT molecular complexity index is 2270. The number of hydrogen-bond acceptors (Lipinski definition) is 8. The predicted octanol–water partition coefficient (Wildman–Crippen LogP) is 8.14. The van der Waals surface area contributed by atoms with E-state index >= 15 is 0 Å². The van der Waals surface area contributed by atoms with Crippen LogP contribution < -0.4 is 10.0 Å². The van der Waals surface area contributed by atoms with E-state index < -0.39 is 60.4 Å². The first-order chi connectivity index (χ1) is 25.1. The Labute approximate surface area is 316 Å². The van der Waals surface area contributed by atoms with Gasteiger partial charge in [-0.1, -0.05) is 37.3 Å². The Morgan fingerprint density at radius 2 is 1.72 bits per heavy atom. The Morgan fingerprint density at radius 3 is 2.33 bits per heavy atom. The lowest BCUT2D eigenvalue weighted by atomic mass is 9.93. The molecule has 2 aromatic carbocycles. The van der Waals surface area contributed by atoms with Crippen LogP contribution in [0, 0.1) is 11.6 Å². The van der Waals surface area contributed by atoms with Crippen molar-refractivity contribution in [3.05, 3.63) is 70.5 Å². The summed E-state index contributed by atoms with van der Waals surface area (Å²) in [5, 5.41) is 11.5. The summed E-state index contributed by atoms with van der Waals surface area (Å²) in [6, 6.07) is 7.36. The Hall–Kier alpha value is -4.26. The molecular formula is C35H42ClF4N7O5SSi. The minimum Gasteiger partial charge on any atom is -0.444 e.